The van der Waals surface area contributed by atoms with Gasteiger partial charge in [0.25, 0.3) is 0 Å². The zero-order valence-electron chi connectivity index (χ0n) is 29.4. The molecule has 12 rings (SSSR count). The molecular formula is C51H33N3. The van der Waals surface area contributed by atoms with Crippen LogP contribution in [0.4, 0.5) is 17.1 Å². The summed E-state index contributed by atoms with van der Waals surface area (Å²) >= 11 is 0. The van der Waals surface area contributed by atoms with Crippen molar-refractivity contribution < 1.29 is 0 Å². The van der Waals surface area contributed by atoms with Gasteiger partial charge >= 0.3 is 0 Å². The molecule has 0 saturated heterocycles. The molecule has 3 heterocycles. The lowest BCUT2D eigenvalue weighted by atomic mass is 9.67. The van der Waals surface area contributed by atoms with Gasteiger partial charge in [-0.2, -0.15) is 0 Å². The van der Waals surface area contributed by atoms with E-state index in [4.69, 9.17) is 0 Å². The minimum absolute atomic E-state index is 0.480. The van der Waals surface area contributed by atoms with E-state index in [1.165, 1.54) is 77.3 Å². The van der Waals surface area contributed by atoms with Crippen molar-refractivity contribution in [1.29, 1.82) is 0 Å². The Hall–Kier alpha value is -7.10. The number of rotatable bonds is 5. The molecule has 252 valence electrons. The van der Waals surface area contributed by atoms with Crippen molar-refractivity contribution in [2.75, 3.05) is 4.90 Å². The molecule has 0 radical (unpaired) electrons. The molecule has 1 aliphatic carbocycles. The second-order valence-corrected chi connectivity index (χ2v) is 14.5. The van der Waals surface area contributed by atoms with Crippen molar-refractivity contribution in [2.45, 2.75) is 5.41 Å². The summed E-state index contributed by atoms with van der Waals surface area (Å²) in [5, 5.41) is 3.83. The van der Waals surface area contributed by atoms with E-state index in [1.807, 2.05) is 0 Å². The molecule has 0 bridgehead atoms. The summed E-state index contributed by atoms with van der Waals surface area (Å²) in [4.78, 5) is 2.44. The van der Waals surface area contributed by atoms with Gasteiger partial charge in [0.15, 0.2) is 0 Å². The van der Waals surface area contributed by atoms with Crippen LogP contribution >= 0.6 is 0 Å². The minimum atomic E-state index is -0.480. The Balaban J connectivity index is 1.15. The highest BCUT2D eigenvalue weighted by Crippen LogP contribution is 2.57. The number of aromatic nitrogens is 2. The molecule has 3 heteroatoms. The fraction of sp³-hybridized carbons (Fsp3) is 0.0196. The van der Waals surface area contributed by atoms with E-state index in [0.29, 0.717) is 0 Å². The molecule has 11 aromatic rings. The Morgan fingerprint density at radius 3 is 1.57 bits per heavy atom. The number of anilines is 3. The molecule has 3 nitrogen and oxygen atoms in total. The van der Waals surface area contributed by atoms with Gasteiger partial charge in [-0.3, -0.25) is 8.80 Å². The van der Waals surface area contributed by atoms with Gasteiger partial charge in [0.2, 0.25) is 0 Å². The van der Waals surface area contributed by atoms with Gasteiger partial charge in [-0.15, -0.1) is 0 Å². The van der Waals surface area contributed by atoms with Crippen LogP contribution in [0, 0.1) is 0 Å². The van der Waals surface area contributed by atoms with Gasteiger partial charge in [0.05, 0.1) is 27.5 Å². The number of fused-ring (bicyclic) bond motifs is 12. The monoisotopic (exact) mass is 687 g/mol. The van der Waals surface area contributed by atoms with Crippen LogP contribution in [0.1, 0.15) is 22.3 Å². The van der Waals surface area contributed by atoms with Crippen molar-refractivity contribution in [3.63, 3.8) is 0 Å². The maximum Gasteiger partial charge on any atom is 0.131 e. The van der Waals surface area contributed by atoms with E-state index >= 15 is 0 Å². The summed E-state index contributed by atoms with van der Waals surface area (Å²) in [6.07, 6.45) is 0. The van der Waals surface area contributed by atoms with E-state index in [-0.39, 0.29) is 0 Å². The van der Waals surface area contributed by atoms with Crippen LogP contribution in [-0.4, -0.2) is 8.80 Å². The average Bonchev–Trinajstić information content (AvgIpc) is 3.95. The number of benzene rings is 8. The molecule has 0 fully saturated rings. The first-order valence-electron chi connectivity index (χ1n) is 18.7. The van der Waals surface area contributed by atoms with Gasteiger partial charge in [0.1, 0.15) is 5.65 Å². The van der Waals surface area contributed by atoms with E-state index in [2.05, 4.69) is 214 Å². The third-order valence-electron chi connectivity index (χ3n) is 11.9. The van der Waals surface area contributed by atoms with Crippen molar-refractivity contribution >= 4 is 60.9 Å². The molecule has 0 N–H and O–H groups in total. The number of hydrogen-bond donors (Lipinski definition) is 0. The Morgan fingerprint density at radius 2 is 0.870 bits per heavy atom. The zero-order valence-corrected chi connectivity index (χ0v) is 29.4. The topological polar surface area (TPSA) is 12.1 Å². The molecule has 0 aliphatic heterocycles. The lowest BCUT2D eigenvalue weighted by Crippen LogP contribution is -2.28. The number of nitrogens with zero attached hydrogens (tertiary/aromatic N) is 3. The normalized spacial score (nSPS) is 13.3. The number of para-hydroxylation sites is 4. The molecule has 8 aromatic carbocycles. The van der Waals surface area contributed by atoms with Crippen molar-refractivity contribution in [2.24, 2.45) is 0 Å². The Labute approximate surface area is 312 Å². The first kappa shape index (κ1) is 29.5. The van der Waals surface area contributed by atoms with Crippen LogP contribution in [0.2, 0.25) is 0 Å². The van der Waals surface area contributed by atoms with E-state index in [9.17, 15) is 0 Å². The fourth-order valence-electron chi connectivity index (χ4n) is 9.80. The Morgan fingerprint density at radius 1 is 0.352 bits per heavy atom. The van der Waals surface area contributed by atoms with Crippen LogP contribution in [0.5, 0.6) is 0 Å². The highest BCUT2D eigenvalue weighted by Gasteiger charge is 2.46. The van der Waals surface area contributed by atoms with Crippen LogP contribution in [0.25, 0.3) is 55.0 Å². The van der Waals surface area contributed by atoms with Gasteiger partial charge in [-0.1, -0.05) is 140 Å². The number of hydrogen-bond acceptors (Lipinski definition) is 1. The lowest BCUT2D eigenvalue weighted by Gasteiger charge is -2.35. The number of imidazole rings is 1. The summed E-state index contributed by atoms with van der Waals surface area (Å²) in [7, 11) is 0. The highest BCUT2D eigenvalue weighted by molar-refractivity contribution is 6.24. The summed E-state index contributed by atoms with van der Waals surface area (Å²) < 4.78 is 4.90. The SMILES string of the molecule is c1ccc(N(c2ccc3c(c2)C(c2ccccc2)(c2ccccc2)c2ccccc2-3)c2ccc3c(c2)c2c4ccccc4n4c5ccccc5n3c24)cc1. The van der Waals surface area contributed by atoms with Crippen molar-refractivity contribution in [3.8, 4) is 11.1 Å². The van der Waals surface area contributed by atoms with E-state index in [1.54, 1.807) is 0 Å². The molecule has 54 heavy (non-hydrogen) atoms. The quantitative estimate of drug-likeness (QED) is 0.175. The molecular weight excluding hydrogens is 655 g/mol. The predicted molar refractivity (Wildman–Crippen MR) is 224 cm³/mol. The molecule has 0 unspecified atom stereocenters. The van der Waals surface area contributed by atoms with Crippen LogP contribution in [0.3, 0.4) is 0 Å². The second-order valence-electron chi connectivity index (χ2n) is 14.5. The highest BCUT2D eigenvalue weighted by atomic mass is 15.1. The molecule has 0 atom stereocenters. The molecule has 0 amide bonds. The summed E-state index contributed by atoms with van der Waals surface area (Å²) in [5.74, 6) is 0. The minimum Gasteiger partial charge on any atom is -0.310 e. The van der Waals surface area contributed by atoms with Crippen molar-refractivity contribution in [3.05, 3.63) is 222 Å². The standard InChI is InChI=1S/C51H33N3/c1-4-16-34(17-5-1)51(35-18-6-2-7-19-35)43-24-12-10-22-39(43)40-30-28-38(33-44(40)51)52(36-20-8-3-9-21-36)37-29-31-46-42(32-37)49-41-23-11-13-25-45(41)53-47-26-14-15-27-48(47)54(46)50(49)53/h1-33H. The average molecular weight is 688 g/mol. The maximum atomic E-state index is 2.46. The van der Waals surface area contributed by atoms with Crippen molar-refractivity contribution in [1.82, 2.24) is 8.80 Å². The smallest absolute Gasteiger partial charge is 0.131 e. The second kappa shape index (κ2) is 11.0. The maximum absolute atomic E-state index is 2.46. The lowest BCUT2D eigenvalue weighted by molar-refractivity contribution is 0.768. The molecule has 3 aromatic heterocycles. The first-order valence-corrected chi connectivity index (χ1v) is 18.7. The van der Waals surface area contributed by atoms with Crippen LogP contribution in [0.15, 0.2) is 200 Å². The summed E-state index contributed by atoms with van der Waals surface area (Å²) in [6.45, 7) is 0. The Bertz CT molecular complexity index is 3160. The molecule has 0 spiro atoms. The van der Waals surface area contributed by atoms with E-state index in [0.717, 1.165) is 17.1 Å². The predicted octanol–water partition coefficient (Wildman–Crippen LogP) is 12.9. The largest absolute Gasteiger partial charge is 0.310 e. The van der Waals surface area contributed by atoms with Crippen LogP contribution in [-0.2, 0) is 5.41 Å². The third-order valence-corrected chi connectivity index (χ3v) is 11.9. The van der Waals surface area contributed by atoms with Gasteiger partial charge in [0, 0.05) is 33.2 Å². The zero-order chi connectivity index (χ0) is 35.4. The summed E-state index contributed by atoms with van der Waals surface area (Å²) in [6, 6.07) is 73.7. The first-order chi connectivity index (χ1) is 26.8. The third kappa shape index (κ3) is 3.75. The summed E-state index contributed by atoms with van der Waals surface area (Å²) in [5.41, 5.74) is 16.7. The van der Waals surface area contributed by atoms with Gasteiger partial charge < -0.3 is 4.90 Å². The Kier molecular flexibility index (Phi) is 5.98. The van der Waals surface area contributed by atoms with Crippen LogP contribution < -0.4 is 4.90 Å². The van der Waals surface area contributed by atoms with Gasteiger partial charge in [-0.05, 0) is 94.0 Å². The van der Waals surface area contributed by atoms with E-state index < -0.39 is 5.41 Å². The molecule has 1 aliphatic rings. The van der Waals surface area contributed by atoms with Gasteiger partial charge in [-0.25, -0.2) is 0 Å². The molecule has 0 saturated carbocycles. The fourth-order valence-corrected chi connectivity index (χ4v) is 9.80.